The average molecular weight is 240 g/mol. The predicted octanol–water partition coefficient (Wildman–Crippen LogP) is 1.73. The Morgan fingerprint density at radius 1 is 1.62 bits per heavy atom. The summed E-state index contributed by atoms with van der Waals surface area (Å²) in [5.41, 5.74) is 1.52. The molecule has 0 unspecified atom stereocenters. The second kappa shape index (κ2) is 4.80. The minimum Gasteiger partial charge on any atom is -0.322 e. The van der Waals surface area contributed by atoms with E-state index in [2.05, 4.69) is 15.6 Å². The fourth-order valence-electron chi connectivity index (χ4n) is 1.38. The van der Waals surface area contributed by atoms with Gasteiger partial charge in [-0.2, -0.15) is 0 Å². The molecule has 2 rings (SSSR count). The molecule has 4 nitrogen and oxygen atoms in total. The van der Waals surface area contributed by atoms with Crippen LogP contribution in [0.1, 0.15) is 18.4 Å². The molecule has 16 heavy (non-hydrogen) atoms. The Balaban J connectivity index is 1.93. The number of carbonyl (C=O) groups excluding carboxylic acids is 1. The van der Waals surface area contributed by atoms with Crippen molar-refractivity contribution in [2.45, 2.75) is 25.8 Å². The van der Waals surface area contributed by atoms with Crippen LogP contribution < -0.4 is 10.6 Å². The molecule has 2 N–H and O–H groups in total. The van der Waals surface area contributed by atoms with Crippen molar-refractivity contribution >= 4 is 23.2 Å². The number of amides is 1. The molecule has 1 aromatic rings. The molecule has 0 saturated heterocycles. The Bertz CT molecular complexity index is 384. The van der Waals surface area contributed by atoms with Gasteiger partial charge in [0.2, 0.25) is 5.91 Å². The number of hydrogen-bond acceptors (Lipinski definition) is 3. The number of aryl methyl sites for hydroxylation is 1. The fraction of sp³-hybridized carbons (Fsp3) is 0.455. The van der Waals surface area contributed by atoms with Gasteiger partial charge < -0.3 is 10.6 Å². The number of halogens is 1. The number of nitrogens with one attached hydrogen (secondary N) is 2. The Morgan fingerprint density at radius 2 is 2.38 bits per heavy atom. The Hall–Kier alpha value is -1.13. The van der Waals surface area contributed by atoms with E-state index in [-0.39, 0.29) is 5.91 Å². The first kappa shape index (κ1) is 11.4. The first-order valence-electron chi connectivity index (χ1n) is 5.31. The predicted molar refractivity (Wildman–Crippen MR) is 63.6 cm³/mol. The third-order valence-electron chi connectivity index (χ3n) is 2.51. The third kappa shape index (κ3) is 2.93. The number of anilines is 1. The van der Waals surface area contributed by atoms with Gasteiger partial charge in [0.05, 0.1) is 12.2 Å². The standard InChI is InChI=1S/C11H14ClN3O/c1-7-4-5-13-11(12)10(7)15-9(16)6-14-8-2-3-8/h4-5,8,14H,2-3,6H2,1H3,(H,15,16). The van der Waals surface area contributed by atoms with Gasteiger partial charge in [-0.15, -0.1) is 0 Å². The van der Waals surface area contributed by atoms with E-state index >= 15 is 0 Å². The highest BCUT2D eigenvalue weighted by molar-refractivity contribution is 6.32. The first-order chi connectivity index (χ1) is 7.66. The van der Waals surface area contributed by atoms with Crippen LogP contribution in [0.5, 0.6) is 0 Å². The van der Waals surface area contributed by atoms with Crippen LogP contribution in [0.15, 0.2) is 12.3 Å². The van der Waals surface area contributed by atoms with Crippen LogP contribution in [0.4, 0.5) is 5.69 Å². The first-order valence-corrected chi connectivity index (χ1v) is 5.69. The van der Waals surface area contributed by atoms with Crippen molar-refractivity contribution in [3.05, 3.63) is 23.0 Å². The van der Waals surface area contributed by atoms with Crippen LogP contribution in [0.25, 0.3) is 0 Å². The van der Waals surface area contributed by atoms with E-state index in [0.717, 1.165) is 5.56 Å². The topological polar surface area (TPSA) is 54.0 Å². The van der Waals surface area contributed by atoms with Gasteiger partial charge in [0.25, 0.3) is 0 Å². The van der Waals surface area contributed by atoms with Crippen molar-refractivity contribution in [3.63, 3.8) is 0 Å². The molecule has 0 bridgehead atoms. The van der Waals surface area contributed by atoms with Crippen molar-refractivity contribution in [2.75, 3.05) is 11.9 Å². The normalized spacial score (nSPS) is 14.9. The summed E-state index contributed by atoms with van der Waals surface area (Å²) in [6.45, 7) is 2.22. The van der Waals surface area contributed by atoms with E-state index in [0.29, 0.717) is 23.4 Å². The molecule has 1 aromatic heterocycles. The quantitative estimate of drug-likeness (QED) is 0.787. The van der Waals surface area contributed by atoms with E-state index in [1.54, 1.807) is 6.20 Å². The van der Waals surface area contributed by atoms with Gasteiger partial charge in [0.15, 0.2) is 5.15 Å². The van der Waals surface area contributed by atoms with Crippen LogP contribution in [0.2, 0.25) is 5.15 Å². The zero-order chi connectivity index (χ0) is 11.5. The summed E-state index contributed by atoms with van der Waals surface area (Å²) in [5.74, 6) is -0.0788. The monoisotopic (exact) mass is 239 g/mol. The average Bonchev–Trinajstić information content (AvgIpc) is 3.04. The number of aromatic nitrogens is 1. The lowest BCUT2D eigenvalue weighted by Gasteiger charge is -2.09. The minimum atomic E-state index is -0.0788. The third-order valence-corrected chi connectivity index (χ3v) is 2.79. The molecular weight excluding hydrogens is 226 g/mol. The van der Waals surface area contributed by atoms with Gasteiger partial charge in [0, 0.05) is 12.2 Å². The zero-order valence-corrected chi connectivity index (χ0v) is 9.84. The number of hydrogen-bond donors (Lipinski definition) is 2. The highest BCUT2D eigenvalue weighted by Crippen LogP contribution is 2.22. The van der Waals surface area contributed by atoms with Crippen LogP contribution >= 0.6 is 11.6 Å². The smallest absolute Gasteiger partial charge is 0.238 e. The van der Waals surface area contributed by atoms with Crippen molar-refractivity contribution in [2.24, 2.45) is 0 Å². The summed E-state index contributed by atoms with van der Waals surface area (Å²) in [6.07, 6.45) is 3.95. The lowest BCUT2D eigenvalue weighted by atomic mass is 10.2. The molecule has 1 amide bonds. The van der Waals surface area contributed by atoms with E-state index in [9.17, 15) is 4.79 Å². The van der Waals surface area contributed by atoms with E-state index in [1.807, 2.05) is 13.0 Å². The fourth-order valence-corrected chi connectivity index (χ4v) is 1.64. The highest BCUT2D eigenvalue weighted by Gasteiger charge is 2.21. The Kier molecular flexibility index (Phi) is 3.41. The number of nitrogens with zero attached hydrogens (tertiary/aromatic N) is 1. The maximum Gasteiger partial charge on any atom is 0.238 e. The van der Waals surface area contributed by atoms with Crippen LogP contribution in [-0.4, -0.2) is 23.5 Å². The van der Waals surface area contributed by atoms with Crippen LogP contribution in [-0.2, 0) is 4.79 Å². The maximum atomic E-state index is 11.6. The van der Waals surface area contributed by atoms with Crippen molar-refractivity contribution < 1.29 is 4.79 Å². The molecule has 0 aromatic carbocycles. The molecule has 86 valence electrons. The molecule has 0 radical (unpaired) electrons. The minimum absolute atomic E-state index is 0.0788. The SMILES string of the molecule is Cc1ccnc(Cl)c1NC(=O)CNC1CC1. The summed E-state index contributed by atoms with van der Waals surface area (Å²) in [5, 5.41) is 6.24. The van der Waals surface area contributed by atoms with Crippen LogP contribution in [0, 0.1) is 6.92 Å². The van der Waals surface area contributed by atoms with Gasteiger partial charge in [-0.1, -0.05) is 11.6 Å². The van der Waals surface area contributed by atoms with Gasteiger partial charge in [0.1, 0.15) is 0 Å². The van der Waals surface area contributed by atoms with Crippen molar-refractivity contribution in [1.82, 2.24) is 10.3 Å². The van der Waals surface area contributed by atoms with E-state index in [4.69, 9.17) is 11.6 Å². The second-order valence-corrected chi connectivity index (χ2v) is 4.36. The number of carbonyl (C=O) groups is 1. The molecule has 1 aliphatic carbocycles. The summed E-state index contributed by atoms with van der Waals surface area (Å²) in [7, 11) is 0. The molecule has 5 heteroatoms. The highest BCUT2D eigenvalue weighted by atomic mass is 35.5. The lowest BCUT2D eigenvalue weighted by molar-refractivity contribution is -0.115. The van der Waals surface area contributed by atoms with Gasteiger partial charge >= 0.3 is 0 Å². The molecule has 0 spiro atoms. The van der Waals surface area contributed by atoms with Crippen molar-refractivity contribution in [3.8, 4) is 0 Å². The largest absolute Gasteiger partial charge is 0.322 e. The number of pyridine rings is 1. The van der Waals surface area contributed by atoms with Gasteiger partial charge in [-0.05, 0) is 31.4 Å². The molecule has 1 aliphatic rings. The second-order valence-electron chi connectivity index (χ2n) is 4.00. The molecule has 1 saturated carbocycles. The summed E-state index contributed by atoms with van der Waals surface area (Å²) in [4.78, 5) is 15.5. The van der Waals surface area contributed by atoms with Crippen molar-refractivity contribution in [1.29, 1.82) is 0 Å². The van der Waals surface area contributed by atoms with Crippen LogP contribution in [0.3, 0.4) is 0 Å². The summed E-state index contributed by atoms with van der Waals surface area (Å²) < 4.78 is 0. The number of rotatable bonds is 4. The van der Waals surface area contributed by atoms with E-state index in [1.165, 1.54) is 12.8 Å². The molecule has 0 atom stereocenters. The zero-order valence-electron chi connectivity index (χ0n) is 9.09. The maximum absolute atomic E-state index is 11.6. The Morgan fingerprint density at radius 3 is 3.00 bits per heavy atom. The Labute approximate surface area is 99.4 Å². The summed E-state index contributed by atoms with van der Waals surface area (Å²) in [6, 6.07) is 2.34. The van der Waals surface area contributed by atoms with Gasteiger partial charge in [-0.3, -0.25) is 4.79 Å². The molecule has 0 aliphatic heterocycles. The molecular formula is C11H14ClN3O. The molecule has 1 heterocycles. The summed E-state index contributed by atoms with van der Waals surface area (Å²) >= 11 is 5.90. The van der Waals surface area contributed by atoms with E-state index < -0.39 is 0 Å². The lowest BCUT2D eigenvalue weighted by Crippen LogP contribution is -2.29. The van der Waals surface area contributed by atoms with Gasteiger partial charge in [-0.25, -0.2) is 4.98 Å². The molecule has 1 fully saturated rings.